The molecule has 14 heteroatoms. The second kappa shape index (κ2) is 12.8. The molecule has 1 amide bonds. The second-order valence-electron chi connectivity index (χ2n) is 9.82. The van der Waals surface area contributed by atoms with E-state index >= 15 is 0 Å². The molecule has 2 aromatic carbocycles. The number of sulfone groups is 1. The van der Waals surface area contributed by atoms with Gasteiger partial charge in [0.05, 0.1) is 17.1 Å². The van der Waals surface area contributed by atoms with E-state index in [1.54, 1.807) is 31.2 Å². The molecule has 0 aliphatic rings. The first-order valence-corrected chi connectivity index (χ1v) is 14.4. The summed E-state index contributed by atoms with van der Waals surface area (Å²) in [6, 6.07) is 15.0. The molecular formula is C29H27F3N4O6S. The fourth-order valence-corrected chi connectivity index (χ4v) is 5.32. The third-order valence-corrected chi connectivity index (χ3v) is 7.72. The quantitative estimate of drug-likeness (QED) is 0.245. The van der Waals surface area contributed by atoms with Crippen LogP contribution in [0.1, 0.15) is 32.9 Å². The van der Waals surface area contributed by atoms with Crippen molar-refractivity contribution >= 4 is 21.7 Å². The monoisotopic (exact) mass is 616 g/mol. The molecule has 0 bridgehead atoms. The molecule has 0 aliphatic heterocycles. The van der Waals surface area contributed by atoms with Gasteiger partial charge in [-0.15, -0.1) is 0 Å². The number of rotatable bonds is 9. The zero-order valence-corrected chi connectivity index (χ0v) is 24.1. The smallest absolute Gasteiger partial charge is 0.441 e. The Kier molecular flexibility index (Phi) is 9.30. The van der Waals surface area contributed by atoms with Crippen LogP contribution in [0, 0.1) is 6.92 Å². The minimum atomic E-state index is -5.32. The Morgan fingerprint density at radius 1 is 0.953 bits per heavy atom. The summed E-state index contributed by atoms with van der Waals surface area (Å²) in [5, 5.41) is 0.299. The van der Waals surface area contributed by atoms with Gasteiger partial charge in [0.25, 0.3) is 5.91 Å². The zero-order chi connectivity index (χ0) is 31.4. The lowest BCUT2D eigenvalue weighted by atomic mass is 10.1. The van der Waals surface area contributed by atoms with Crippen LogP contribution < -0.4 is 0 Å². The molecule has 0 spiro atoms. The molecule has 0 saturated heterocycles. The predicted octanol–water partition coefficient (Wildman–Crippen LogP) is 4.74. The lowest BCUT2D eigenvalue weighted by Crippen LogP contribution is -2.38. The molecular weight excluding hydrogens is 589 g/mol. The van der Waals surface area contributed by atoms with Gasteiger partial charge >= 0.3 is 12.1 Å². The van der Waals surface area contributed by atoms with Crippen molar-refractivity contribution < 1.29 is 40.4 Å². The fraction of sp³-hybridized carbons (Fsp3) is 0.241. The Bertz CT molecular complexity index is 1690. The van der Waals surface area contributed by atoms with Gasteiger partial charge in [-0.1, -0.05) is 18.2 Å². The maximum absolute atomic E-state index is 13.0. The predicted molar refractivity (Wildman–Crippen MR) is 148 cm³/mol. The largest absolute Gasteiger partial charge is 0.493 e. The van der Waals surface area contributed by atoms with Crippen molar-refractivity contribution in [2.24, 2.45) is 0 Å². The number of halogens is 3. The molecule has 0 unspecified atom stereocenters. The molecule has 10 nitrogen and oxygen atoms in total. The minimum Gasteiger partial charge on any atom is -0.441 e. The molecule has 0 aliphatic carbocycles. The Balaban J connectivity index is 1.51. The number of hydrogen-bond acceptors (Lipinski definition) is 9. The Morgan fingerprint density at radius 2 is 1.63 bits per heavy atom. The number of hydroxylamine groups is 2. The standard InChI is InChI=1S/C29H27F3N4O6S/c1-19-25(18-43(39,40)24-12-6-20(7-13-24)16-35(2)3)34-26(41-19)22-8-10-23(11-9-22)27(37)36(42-28(38)29(30,31)32)17-21-5-4-14-33-15-21/h4-15H,16-18H2,1-3H3. The van der Waals surface area contributed by atoms with E-state index in [-0.39, 0.29) is 27.8 Å². The van der Waals surface area contributed by atoms with Crippen molar-refractivity contribution in [3.8, 4) is 11.5 Å². The molecule has 4 aromatic rings. The molecule has 0 atom stereocenters. The van der Waals surface area contributed by atoms with Gasteiger partial charge in [-0.05, 0) is 74.6 Å². The Hall–Kier alpha value is -4.56. The van der Waals surface area contributed by atoms with E-state index in [4.69, 9.17) is 4.42 Å². The first kappa shape index (κ1) is 31.4. The summed E-state index contributed by atoms with van der Waals surface area (Å²) >= 11 is 0. The minimum absolute atomic E-state index is 0.0822. The number of carbonyl (C=O) groups excluding carboxylic acids is 2. The summed E-state index contributed by atoms with van der Waals surface area (Å²) in [7, 11) is 0.0871. The van der Waals surface area contributed by atoms with Crippen molar-refractivity contribution in [3.05, 3.63) is 101 Å². The van der Waals surface area contributed by atoms with Crippen LogP contribution in [0.15, 0.2) is 82.4 Å². The number of benzene rings is 2. The van der Waals surface area contributed by atoms with Crippen LogP contribution in [0.25, 0.3) is 11.5 Å². The molecule has 0 radical (unpaired) electrons. The van der Waals surface area contributed by atoms with Gasteiger partial charge in [0, 0.05) is 30.1 Å². The number of alkyl halides is 3. The van der Waals surface area contributed by atoms with Crippen LogP contribution in [0.4, 0.5) is 13.2 Å². The summed E-state index contributed by atoms with van der Waals surface area (Å²) in [5.41, 5.74) is 1.78. The number of aromatic nitrogens is 2. The van der Waals surface area contributed by atoms with E-state index in [0.717, 1.165) is 5.56 Å². The first-order chi connectivity index (χ1) is 20.2. The number of carbonyl (C=O) groups is 2. The highest BCUT2D eigenvalue weighted by molar-refractivity contribution is 7.90. The van der Waals surface area contributed by atoms with E-state index in [1.807, 2.05) is 19.0 Å². The third kappa shape index (κ3) is 8.05. The Morgan fingerprint density at radius 3 is 2.21 bits per heavy atom. The molecule has 0 N–H and O–H groups in total. The van der Waals surface area contributed by atoms with Gasteiger partial charge < -0.3 is 14.2 Å². The van der Waals surface area contributed by atoms with Crippen molar-refractivity contribution in [1.29, 1.82) is 0 Å². The number of amides is 1. The van der Waals surface area contributed by atoms with E-state index in [9.17, 15) is 31.2 Å². The normalized spacial score (nSPS) is 11.9. The maximum atomic E-state index is 13.0. The summed E-state index contributed by atoms with van der Waals surface area (Å²) < 4.78 is 70.4. The van der Waals surface area contributed by atoms with Crippen molar-refractivity contribution in [2.45, 2.75) is 36.8 Å². The van der Waals surface area contributed by atoms with E-state index in [1.165, 1.54) is 48.8 Å². The van der Waals surface area contributed by atoms with Crippen molar-refractivity contribution in [3.63, 3.8) is 0 Å². The molecule has 43 heavy (non-hydrogen) atoms. The summed E-state index contributed by atoms with van der Waals surface area (Å²) in [5.74, 6) is -3.60. The summed E-state index contributed by atoms with van der Waals surface area (Å²) in [4.78, 5) is 39.2. The molecule has 2 heterocycles. The van der Waals surface area contributed by atoms with Crippen LogP contribution in [-0.2, 0) is 38.3 Å². The van der Waals surface area contributed by atoms with Crippen LogP contribution in [0.2, 0.25) is 0 Å². The summed E-state index contributed by atoms with van der Waals surface area (Å²) in [6.45, 7) is 1.76. The summed E-state index contributed by atoms with van der Waals surface area (Å²) in [6.07, 6.45) is -2.57. The third-order valence-electron chi connectivity index (χ3n) is 6.08. The van der Waals surface area contributed by atoms with Gasteiger partial charge in [0.1, 0.15) is 11.5 Å². The SMILES string of the molecule is Cc1oc(-c2ccc(C(=O)N(Cc3cccnc3)OC(=O)C(F)(F)F)cc2)nc1CS(=O)(=O)c1ccc(CN(C)C)cc1. The van der Waals surface area contributed by atoms with Crippen LogP contribution in [0.3, 0.4) is 0 Å². The lowest BCUT2D eigenvalue weighted by Gasteiger charge is -2.21. The van der Waals surface area contributed by atoms with Crippen molar-refractivity contribution in [1.82, 2.24) is 19.9 Å². The molecule has 2 aromatic heterocycles. The topological polar surface area (TPSA) is 123 Å². The highest BCUT2D eigenvalue weighted by Crippen LogP contribution is 2.26. The molecule has 226 valence electrons. The van der Waals surface area contributed by atoms with Crippen LogP contribution in [-0.4, -0.2) is 60.5 Å². The average Bonchev–Trinajstić information content (AvgIpc) is 3.31. The van der Waals surface area contributed by atoms with Gasteiger partial charge in [0.15, 0.2) is 9.84 Å². The molecule has 4 rings (SSSR count). The zero-order valence-electron chi connectivity index (χ0n) is 23.3. The highest BCUT2D eigenvalue weighted by Gasteiger charge is 2.43. The lowest BCUT2D eigenvalue weighted by molar-refractivity contribution is -0.230. The van der Waals surface area contributed by atoms with Gasteiger partial charge in [-0.2, -0.15) is 18.2 Å². The second-order valence-corrected chi connectivity index (χ2v) is 11.8. The Labute approximate surface area is 245 Å². The van der Waals surface area contributed by atoms with E-state index < -0.39 is 40.2 Å². The number of hydrogen-bond donors (Lipinski definition) is 0. The van der Waals surface area contributed by atoms with Crippen LogP contribution >= 0.6 is 0 Å². The number of aryl methyl sites for hydroxylation is 1. The number of oxazole rings is 1. The van der Waals surface area contributed by atoms with Gasteiger partial charge in [0.2, 0.25) is 5.89 Å². The van der Waals surface area contributed by atoms with Gasteiger partial charge in [-0.25, -0.2) is 18.2 Å². The van der Waals surface area contributed by atoms with E-state index in [0.29, 0.717) is 22.7 Å². The first-order valence-electron chi connectivity index (χ1n) is 12.8. The highest BCUT2D eigenvalue weighted by atomic mass is 32.2. The molecule has 0 saturated carbocycles. The van der Waals surface area contributed by atoms with Crippen LogP contribution in [0.5, 0.6) is 0 Å². The van der Waals surface area contributed by atoms with E-state index in [2.05, 4.69) is 14.8 Å². The van der Waals surface area contributed by atoms with Crippen molar-refractivity contribution in [2.75, 3.05) is 14.1 Å². The fourth-order valence-electron chi connectivity index (χ4n) is 3.97. The molecule has 0 fully saturated rings. The average molecular weight is 617 g/mol. The van der Waals surface area contributed by atoms with Gasteiger partial charge in [-0.3, -0.25) is 9.78 Å². The number of nitrogens with zero attached hydrogens (tertiary/aromatic N) is 4. The number of pyridine rings is 1. The maximum Gasteiger partial charge on any atom is 0.493 e.